The van der Waals surface area contributed by atoms with E-state index >= 15 is 0 Å². The second-order valence-electron chi connectivity index (χ2n) is 7.63. The maximum absolute atomic E-state index is 11.3. The van der Waals surface area contributed by atoms with E-state index in [0.29, 0.717) is 18.9 Å². The molecule has 1 amide bonds. The molecule has 1 aliphatic heterocycles. The van der Waals surface area contributed by atoms with Gasteiger partial charge in [-0.2, -0.15) is 0 Å². The Hall–Kier alpha value is -2.41. The summed E-state index contributed by atoms with van der Waals surface area (Å²) in [7, 11) is 1.59. The smallest absolute Gasteiger partial charge is 0.257 e. The second kappa shape index (κ2) is 9.39. The van der Waals surface area contributed by atoms with Crippen molar-refractivity contribution >= 4 is 5.91 Å². The third-order valence-corrected chi connectivity index (χ3v) is 5.33. The lowest BCUT2D eigenvalue weighted by molar-refractivity contribution is -0.251. The summed E-state index contributed by atoms with van der Waals surface area (Å²) in [6, 6.07) is 15.9. The van der Waals surface area contributed by atoms with Crippen molar-refractivity contribution < 1.29 is 19.4 Å². The number of likely N-dealkylation sites (N-methyl/N-ethyl adjacent to an activating group) is 1. The lowest BCUT2D eigenvalue weighted by Crippen LogP contribution is -2.53. The van der Waals surface area contributed by atoms with Crippen LogP contribution < -0.4 is 10.1 Å². The van der Waals surface area contributed by atoms with Gasteiger partial charge in [0.25, 0.3) is 5.91 Å². The zero-order valence-corrected chi connectivity index (χ0v) is 17.4. The molecule has 1 heterocycles. The predicted molar refractivity (Wildman–Crippen MR) is 112 cm³/mol. The lowest BCUT2D eigenvalue weighted by Gasteiger charge is -2.42. The number of carbonyl (C=O) groups excluding carboxylic acids is 1. The summed E-state index contributed by atoms with van der Waals surface area (Å²) in [5, 5.41) is 13.6. The van der Waals surface area contributed by atoms with Crippen molar-refractivity contribution in [2.45, 2.75) is 32.1 Å². The molecule has 2 aromatic carbocycles. The largest absolute Gasteiger partial charge is 0.484 e. The van der Waals surface area contributed by atoms with Gasteiger partial charge in [-0.1, -0.05) is 42.0 Å². The number of nitrogens with zero attached hydrogens (tertiary/aromatic N) is 1. The minimum absolute atomic E-state index is 0.0115. The molecule has 0 radical (unpaired) electrons. The molecule has 0 aliphatic carbocycles. The molecule has 6 nitrogen and oxygen atoms in total. The maximum Gasteiger partial charge on any atom is 0.257 e. The highest BCUT2D eigenvalue weighted by Gasteiger charge is 2.37. The van der Waals surface area contributed by atoms with Crippen molar-refractivity contribution in [3.05, 3.63) is 65.2 Å². The Morgan fingerprint density at radius 1 is 1.31 bits per heavy atom. The average Bonchev–Trinajstić information content (AvgIpc) is 2.73. The number of benzene rings is 2. The third-order valence-electron chi connectivity index (χ3n) is 5.33. The first-order valence-electron chi connectivity index (χ1n) is 9.99. The molecule has 0 bridgehead atoms. The summed E-state index contributed by atoms with van der Waals surface area (Å²) in [5.74, 6) is -0.767. The topological polar surface area (TPSA) is 71.0 Å². The Balaban J connectivity index is 1.60. The molecule has 156 valence electrons. The van der Waals surface area contributed by atoms with E-state index < -0.39 is 5.79 Å². The molecule has 29 heavy (non-hydrogen) atoms. The number of ether oxygens (including phenoxy) is 2. The first-order chi connectivity index (χ1) is 13.9. The summed E-state index contributed by atoms with van der Waals surface area (Å²) in [5.41, 5.74) is 3.07. The number of morpholine rings is 1. The van der Waals surface area contributed by atoms with Crippen molar-refractivity contribution in [3.63, 3.8) is 0 Å². The van der Waals surface area contributed by atoms with E-state index in [1.807, 2.05) is 55.5 Å². The number of carbonyl (C=O) groups is 1. The second-order valence-corrected chi connectivity index (χ2v) is 7.63. The van der Waals surface area contributed by atoms with Crippen LogP contribution in [0, 0.1) is 6.92 Å². The van der Waals surface area contributed by atoms with Crippen LogP contribution in [0.3, 0.4) is 0 Å². The molecule has 1 saturated heterocycles. The van der Waals surface area contributed by atoms with E-state index in [4.69, 9.17) is 9.47 Å². The average molecular weight is 399 g/mol. The molecule has 0 saturated carbocycles. The van der Waals surface area contributed by atoms with Crippen molar-refractivity contribution in [2.24, 2.45) is 0 Å². The summed E-state index contributed by atoms with van der Waals surface area (Å²) in [6.07, 6.45) is 0.847. The minimum Gasteiger partial charge on any atom is -0.484 e. The van der Waals surface area contributed by atoms with E-state index in [-0.39, 0.29) is 18.6 Å². The number of aliphatic hydroxyl groups is 1. The van der Waals surface area contributed by atoms with Gasteiger partial charge in [-0.3, -0.25) is 9.69 Å². The van der Waals surface area contributed by atoms with E-state index in [1.54, 1.807) is 7.05 Å². The number of hydrogen-bond acceptors (Lipinski definition) is 5. The zero-order valence-electron chi connectivity index (χ0n) is 17.4. The fourth-order valence-electron chi connectivity index (χ4n) is 3.58. The van der Waals surface area contributed by atoms with Gasteiger partial charge >= 0.3 is 0 Å². The van der Waals surface area contributed by atoms with Gasteiger partial charge in [0, 0.05) is 25.2 Å². The third kappa shape index (κ3) is 5.56. The van der Waals surface area contributed by atoms with Crippen LogP contribution in [0.2, 0.25) is 0 Å². The highest BCUT2D eigenvalue weighted by atomic mass is 16.6. The number of aryl methyl sites for hydroxylation is 1. The van der Waals surface area contributed by atoms with Crippen molar-refractivity contribution in [1.29, 1.82) is 0 Å². The van der Waals surface area contributed by atoms with Crippen molar-refractivity contribution in [3.8, 4) is 5.75 Å². The number of amides is 1. The van der Waals surface area contributed by atoms with Crippen LogP contribution in [0.5, 0.6) is 5.75 Å². The van der Waals surface area contributed by atoms with E-state index in [9.17, 15) is 9.90 Å². The molecular formula is C23H30N2O4. The van der Waals surface area contributed by atoms with E-state index in [2.05, 4.69) is 17.1 Å². The molecule has 1 fully saturated rings. The number of nitrogens with one attached hydrogen (secondary N) is 1. The van der Waals surface area contributed by atoms with Crippen LogP contribution in [0.15, 0.2) is 48.5 Å². The van der Waals surface area contributed by atoms with E-state index in [1.165, 1.54) is 5.56 Å². The van der Waals surface area contributed by atoms with Crippen LogP contribution in [-0.4, -0.2) is 55.3 Å². The van der Waals surface area contributed by atoms with Crippen LogP contribution in [-0.2, 0) is 21.7 Å². The lowest BCUT2D eigenvalue weighted by atomic mass is 9.99. The Morgan fingerprint density at radius 3 is 2.76 bits per heavy atom. The first-order valence-corrected chi connectivity index (χ1v) is 9.99. The molecule has 6 heteroatoms. The van der Waals surface area contributed by atoms with Gasteiger partial charge in [0.2, 0.25) is 5.79 Å². The van der Waals surface area contributed by atoms with Crippen molar-refractivity contribution in [1.82, 2.24) is 10.2 Å². The van der Waals surface area contributed by atoms with Gasteiger partial charge in [0.05, 0.1) is 13.2 Å². The van der Waals surface area contributed by atoms with Crippen molar-refractivity contribution in [2.75, 3.05) is 33.4 Å². The van der Waals surface area contributed by atoms with Gasteiger partial charge in [0.1, 0.15) is 5.75 Å². The number of rotatable bonds is 7. The van der Waals surface area contributed by atoms with Gasteiger partial charge in [-0.05, 0) is 38.0 Å². The van der Waals surface area contributed by atoms with Crippen LogP contribution in [0.25, 0.3) is 0 Å². The Labute approximate surface area is 172 Å². The van der Waals surface area contributed by atoms with Gasteiger partial charge < -0.3 is 19.9 Å². The summed E-state index contributed by atoms with van der Waals surface area (Å²) < 4.78 is 11.2. The highest BCUT2D eigenvalue weighted by molar-refractivity contribution is 5.77. The molecule has 3 rings (SSSR count). The Kier molecular flexibility index (Phi) is 6.90. The molecule has 1 aliphatic rings. The Bertz CT molecular complexity index is 824. The van der Waals surface area contributed by atoms with Crippen LogP contribution in [0.4, 0.5) is 0 Å². The molecule has 2 atom stereocenters. The molecule has 2 unspecified atom stereocenters. The zero-order chi connectivity index (χ0) is 20.9. The molecule has 0 spiro atoms. The minimum atomic E-state index is -1.28. The predicted octanol–water partition coefficient (Wildman–Crippen LogP) is 2.23. The van der Waals surface area contributed by atoms with Crippen LogP contribution in [0.1, 0.15) is 23.6 Å². The quantitative estimate of drug-likeness (QED) is 0.749. The summed E-state index contributed by atoms with van der Waals surface area (Å²) >= 11 is 0. The summed E-state index contributed by atoms with van der Waals surface area (Å²) in [4.78, 5) is 13.5. The molecular weight excluding hydrogens is 368 g/mol. The van der Waals surface area contributed by atoms with Crippen LogP contribution >= 0.6 is 0 Å². The normalized spacial score (nSPS) is 20.8. The molecule has 0 aromatic heterocycles. The highest BCUT2D eigenvalue weighted by Crippen LogP contribution is 2.29. The SMILES string of the molecule is CNC(=O)COc1ccc(CC(C)N2CCOC(O)(c3cccc(C)c3)C2)cc1. The number of hydrogen-bond donors (Lipinski definition) is 2. The fraction of sp³-hybridized carbons (Fsp3) is 0.435. The van der Waals surface area contributed by atoms with E-state index in [0.717, 1.165) is 24.1 Å². The fourth-order valence-corrected chi connectivity index (χ4v) is 3.58. The molecule has 2 N–H and O–H groups in total. The standard InChI is InChI=1S/C23H30N2O4/c1-17-5-4-6-20(13-17)23(27)16-25(11-12-29-23)18(2)14-19-7-9-21(10-8-19)28-15-22(26)24-3/h4-10,13,18,27H,11-12,14-16H2,1-3H3,(H,24,26). The van der Waals surface area contributed by atoms with Gasteiger partial charge in [0.15, 0.2) is 6.61 Å². The molecule has 2 aromatic rings. The maximum atomic E-state index is 11.3. The first kappa shape index (κ1) is 21.3. The summed E-state index contributed by atoms with van der Waals surface area (Å²) in [6.45, 7) is 5.89. The Morgan fingerprint density at radius 2 is 2.07 bits per heavy atom. The monoisotopic (exact) mass is 398 g/mol. The number of β-amino-alcohol motifs (C(OH)–C–C–N with tert-alkyl or cyclic N) is 1. The van der Waals surface area contributed by atoms with Gasteiger partial charge in [-0.25, -0.2) is 0 Å². The van der Waals surface area contributed by atoms with Gasteiger partial charge in [-0.15, -0.1) is 0 Å².